The van der Waals surface area contributed by atoms with Crippen molar-refractivity contribution in [2.24, 2.45) is 0 Å². The number of likely N-dealkylation sites (tertiary alicyclic amines) is 1. The van der Waals surface area contributed by atoms with E-state index < -0.39 is 0 Å². The molecule has 0 bridgehead atoms. The number of para-hydroxylation sites is 1. The molecule has 0 spiro atoms. The SMILES string of the molecule is O=c1c2ccccc2nnn1C[NH+]1CCCC[C@@H]1c1nc2ccccc2s1. The van der Waals surface area contributed by atoms with E-state index in [4.69, 9.17) is 4.98 Å². The Kier molecular flexibility index (Phi) is 4.18. The molecule has 1 aliphatic rings. The molecule has 1 saturated heterocycles. The molecule has 1 fully saturated rings. The van der Waals surface area contributed by atoms with Crippen LogP contribution in [-0.4, -0.2) is 26.5 Å². The number of thiazole rings is 1. The van der Waals surface area contributed by atoms with Crippen molar-refractivity contribution in [2.75, 3.05) is 6.54 Å². The van der Waals surface area contributed by atoms with Crippen LogP contribution >= 0.6 is 11.3 Å². The summed E-state index contributed by atoms with van der Waals surface area (Å²) in [5, 5.41) is 10.2. The first-order valence-electron chi connectivity index (χ1n) is 9.32. The fourth-order valence-electron chi connectivity index (χ4n) is 3.92. The molecule has 0 amide bonds. The Morgan fingerprint density at radius 2 is 1.89 bits per heavy atom. The third kappa shape index (κ3) is 3.02. The zero-order chi connectivity index (χ0) is 18.2. The quantitative estimate of drug-likeness (QED) is 0.593. The number of fused-ring (bicyclic) bond motifs is 2. The van der Waals surface area contributed by atoms with Gasteiger partial charge in [0.25, 0.3) is 5.56 Å². The van der Waals surface area contributed by atoms with Gasteiger partial charge in [-0.15, -0.1) is 16.4 Å². The smallest absolute Gasteiger partial charge is 0.282 e. The maximum Gasteiger partial charge on any atom is 0.282 e. The van der Waals surface area contributed by atoms with Crippen molar-refractivity contribution in [2.45, 2.75) is 32.0 Å². The third-order valence-corrected chi connectivity index (χ3v) is 6.47. The van der Waals surface area contributed by atoms with E-state index in [0.717, 1.165) is 29.9 Å². The van der Waals surface area contributed by atoms with Gasteiger partial charge in [-0.05, 0) is 37.1 Å². The predicted molar refractivity (Wildman–Crippen MR) is 106 cm³/mol. The van der Waals surface area contributed by atoms with Crippen LogP contribution in [0.25, 0.3) is 21.1 Å². The second kappa shape index (κ2) is 6.83. The van der Waals surface area contributed by atoms with Crippen molar-refractivity contribution in [3.8, 4) is 0 Å². The molecule has 3 heterocycles. The molecule has 6 nitrogen and oxygen atoms in total. The number of rotatable bonds is 3. The van der Waals surface area contributed by atoms with Crippen molar-refractivity contribution < 1.29 is 4.90 Å². The summed E-state index contributed by atoms with van der Waals surface area (Å²) in [6, 6.07) is 16.0. The number of nitrogens with one attached hydrogen (secondary N) is 1. The van der Waals surface area contributed by atoms with Gasteiger partial charge in [-0.3, -0.25) is 4.79 Å². The molecule has 0 aliphatic carbocycles. The van der Waals surface area contributed by atoms with Gasteiger partial charge >= 0.3 is 0 Å². The van der Waals surface area contributed by atoms with Crippen LogP contribution in [0.3, 0.4) is 0 Å². The Morgan fingerprint density at radius 3 is 2.78 bits per heavy atom. The molecule has 7 heteroatoms. The molecular formula is C20H20N5OS+. The number of hydrogen-bond acceptors (Lipinski definition) is 5. The minimum Gasteiger partial charge on any atom is -0.308 e. The molecule has 1 aliphatic heterocycles. The second-order valence-electron chi connectivity index (χ2n) is 7.05. The van der Waals surface area contributed by atoms with Crippen LogP contribution in [0.2, 0.25) is 0 Å². The van der Waals surface area contributed by atoms with Crippen molar-refractivity contribution >= 4 is 32.5 Å². The van der Waals surface area contributed by atoms with E-state index in [1.807, 2.05) is 30.3 Å². The lowest BCUT2D eigenvalue weighted by atomic mass is 10.0. The van der Waals surface area contributed by atoms with Crippen LogP contribution in [0, 0.1) is 0 Å². The number of piperidine rings is 1. The van der Waals surface area contributed by atoms with Gasteiger partial charge in [0.15, 0.2) is 11.7 Å². The first kappa shape index (κ1) is 16.5. The fraction of sp³-hybridized carbons (Fsp3) is 0.300. The second-order valence-corrected chi connectivity index (χ2v) is 8.11. The lowest BCUT2D eigenvalue weighted by Gasteiger charge is -2.30. The summed E-state index contributed by atoms with van der Waals surface area (Å²) < 4.78 is 2.74. The van der Waals surface area contributed by atoms with Crippen LogP contribution in [0.4, 0.5) is 0 Å². The van der Waals surface area contributed by atoms with Gasteiger partial charge in [0, 0.05) is 6.42 Å². The highest BCUT2D eigenvalue weighted by Crippen LogP contribution is 2.28. The van der Waals surface area contributed by atoms with E-state index in [0.29, 0.717) is 23.6 Å². The largest absolute Gasteiger partial charge is 0.308 e. The van der Waals surface area contributed by atoms with Crippen LogP contribution in [0.1, 0.15) is 30.3 Å². The number of nitrogens with zero attached hydrogens (tertiary/aromatic N) is 4. The van der Waals surface area contributed by atoms with E-state index in [2.05, 4.69) is 28.5 Å². The van der Waals surface area contributed by atoms with E-state index >= 15 is 0 Å². The van der Waals surface area contributed by atoms with Gasteiger partial charge in [0.05, 0.1) is 22.1 Å². The summed E-state index contributed by atoms with van der Waals surface area (Å²) in [6.45, 7) is 1.54. The van der Waals surface area contributed by atoms with E-state index in [1.54, 1.807) is 11.3 Å². The zero-order valence-electron chi connectivity index (χ0n) is 14.8. The molecule has 2 atom stereocenters. The summed E-state index contributed by atoms with van der Waals surface area (Å²) in [6.07, 6.45) is 3.44. The van der Waals surface area contributed by atoms with Crippen molar-refractivity contribution in [1.82, 2.24) is 20.0 Å². The highest BCUT2D eigenvalue weighted by Gasteiger charge is 2.31. The van der Waals surface area contributed by atoms with Crippen molar-refractivity contribution in [3.63, 3.8) is 0 Å². The molecule has 0 radical (unpaired) electrons. The minimum absolute atomic E-state index is 0.0678. The number of hydrogen-bond donors (Lipinski definition) is 1. The standard InChI is InChI=1S/C20H19N5OS/c26-20-14-7-1-2-8-15(14)22-23-25(20)13-24-12-6-5-10-17(24)19-21-16-9-3-4-11-18(16)27-19/h1-4,7-9,11,17H,5-6,10,12-13H2/p+1/t17-/m1/s1. The lowest BCUT2D eigenvalue weighted by Crippen LogP contribution is -3.12. The summed E-state index contributed by atoms with van der Waals surface area (Å²) in [4.78, 5) is 19.0. The van der Waals surface area contributed by atoms with E-state index in [1.165, 1.54) is 20.7 Å². The molecule has 1 N–H and O–H groups in total. The van der Waals surface area contributed by atoms with Gasteiger partial charge in [-0.1, -0.05) is 29.5 Å². The molecule has 4 aromatic rings. The highest BCUT2D eigenvalue weighted by molar-refractivity contribution is 7.18. The highest BCUT2D eigenvalue weighted by atomic mass is 32.1. The van der Waals surface area contributed by atoms with Crippen LogP contribution in [0.5, 0.6) is 0 Å². The molecule has 5 rings (SSSR count). The van der Waals surface area contributed by atoms with Gasteiger partial charge in [-0.25, -0.2) is 4.98 Å². The fourth-order valence-corrected chi connectivity index (χ4v) is 5.09. The average molecular weight is 378 g/mol. The van der Waals surface area contributed by atoms with Crippen LogP contribution in [-0.2, 0) is 6.67 Å². The van der Waals surface area contributed by atoms with Gasteiger partial charge in [0.1, 0.15) is 11.6 Å². The summed E-state index contributed by atoms with van der Waals surface area (Å²) in [5.74, 6) is 0. The summed E-state index contributed by atoms with van der Waals surface area (Å²) in [7, 11) is 0. The Morgan fingerprint density at radius 1 is 1.07 bits per heavy atom. The first-order chi connectivity index (χ1) is 13.3. The monoisotopic (exact) mass is 378 g/mol. The molecule has 27 heavy (non-hydrogen) atoms. The molecule has 2 aromatic carbocycles. The Balaban J connectivity index is 1.49. The van der Waals surface area contributed by atoms with Crippen molar-refractivity contribution in [1.29, 1.82) is 0 Å². The molecule has 2 aromatic heterocycles. The minimum atomic E-state index is -0.0678. The van der Waals surface area contributed by atoms with Gasteiger partial charge in [0.2, 0.25) is 0 Å². The summed E-state index contributed by atoms with van der Waals surface area (Å²) >= 11 is 1.77. The number of aromatic nitrogens is 4. The zero-order valence-corrected chi connectivity index (χ0v) is 15.7. The van der Waals surface area contributed by atoms with Crippen LogP contribution < -0.4 is 10.5 Å². The third-order valence-electron chi connectivity index (χ3n) is 5.32. The topological polar surface area (TPSA) is 65.1 Å². The normalized spacial score (nSPS) is 20.3. The Hall–Kier alpha value is -2.64. The molecule has 136 valence electrons. The van der Waals surface area contributed by atoms with Crippen LogP contribution in [0.15, 0.2) is 53.3 Å². The van der Waals surface area contributed by atoms with E-state index in [9.17, 15) is 4.79 Å². The lowest BCUT2D eigenvalue weighted by molar-refractivity contribution is -0.959. The molecular weight excluding hydrogens is 358 g/mol. The van der Waals surface area contributed by atoms with Gasteiger partial charge < -0.3 is 4.90 Å². The maximum absolute atomic E-state index is 12.8. The van der Waals surface area contributed by atoms with E-state index in [-0.39, 0.29) is 5.56 Å². The maximum atomic E-state index is 12.8. The molecule has 0 saturated carbocycles. The Labute approximate surface area is 160 Å². The molecule has 1 unspecified atom stereocenters. The Bertz CT molecular complexity index is 1130. The first-order valence-corrected chi connectivity index (χ1v) is 10.1. The van der Waals surface area contributed by atoms with Gasteiger partial charge in [-0.2, -0.15) is 4.68 Å². The number of quaternary nitrogens is 1. The number of benzene rings is 2. The van der Waals surface area contributed by atoms with Crippen molar-refractivity contribution in [3.05, 3.63) is 63.9 Å². The predicted octanol–water partition coefficient (Wildman–Crippen LogP) is 2.17. The average Bonchev–Trinajstić information content (AvgIpc) is 3.15. The summed E-state index contributed by atoms with van der Waals surface area (Å²) in [5.41, 5.74) is 1.64.